The molecule has 10 heteroatoms. The molecule has 1 saturated carbocycles. The van der Waals surface area contributed by atoms with E-state index in [-0.39, 0.29) is 29.3 Å². The second kappa shape index (κ2) is 7.30. The van der Waals surface area contributed by atoms with Crippen LogP contribution in [0.15, 0.2) is 21.7 Å². The molecule has 0 radical (unpaired) electrons. The number of ether oxygens (including phenoxy) is 1. The third-order valence-corrected chi connectivity index (χ3v) is 7.01. The minimum Gasteiger partial charge on any atom is -0.464 e. The van der Waals surface area contributed by atoms with Crippen molar-refractivity contribution in [2.75, 3.05) is 19.7 Å². The number of sulfonamides is 1. The molecule has 0 spiro atoms. The van der Waals surface area contributed by atoms with Gasteiger partial charge >= 0.3 is 12.0 Å². The molecule has 0 aliphatic heterocycles. The zero-order valence-corrected chi connectivity index (χ0v) is 16.1. The number of esters is 1. The van der Waals surface area contributed by atoms with Crippen molar-refractivity contribution in [1.29, 1.82) is 0 Å². The zero-order valence-electron chi connectivity index (χ0n) is 14.4. The van der Waals surface area contributed by atoms with Crippen molar-refractivity contribution in [3.05, 3.63) is 17.5 Å². The van der Waals surface area contributed by atoms with Gasteiger partial charge in [-0.25, -0.2) is 22.7 Å². The summed E-state index contributed by atoms with van der Waals surface area (Å²) < 4.78 is 31.5. The molecular weight excluding hydrogens is 366 g/mol. The third-order valence-electron chi connectivity index (χ3n) is 4.15. The molecule has 0 bridgehead atoms. The molecule has 1 aromatic rings. The Morgan fingerprint density at radius 2 is 2.00 bits per heavy atom. The maximum absolute atomic E-state index is 12.1. The van der Waals surface area contributed by atoms with Crippen LogP contribution < -0.4 is 15.4 Å². The van der Waals surface area contributed by atoms with Gasteiger partial charge in [0.05, 0.1) is 6.61 Å². The minimum absolute atomic E-state index is 0.0451. The molecule has 3 N–H and O–H groups in total. The summed E-state index contributed by atoms with van der Waals surface area (Å²) in [5.74, 6) is -0.450. The van der Waals surface area contributed by atoms with Gasteiger partial charge in [-0.2, -0.15) is 0 Å². The topological polar surface area (TPSA) is 114 Å². The summed E-state index contributed by atoms with van der Waals surface area (Å²) in [7, 11) is -3.55. The first-order valence-corrected chi connectivity index (χ1v) is 10.3. The van der Waals surface area contributed by atoms with Crippen molar-refractivity contribution < 1.29 is 22.7 Å². The SMILES string of the molecule is CCOC(=O)C1(NC(=O)NCCNS(=O)(=O)c2cccs2)CC1(C)C. The normalized spacial score (nSPS) is 21.4. The third kappa shape index (κ3) is 4.31. The van der Waals surface area contributed by atoms with Crippen LogP contribution in [-0.4, -0.2) is 45.7 Å². The molecule has 1 fully saturated rings. The van der Waals surface area contributed by atoms with E-state index in [1.165, 1.54) is 6.07 Å². The molecule has 25 heavy (non-hydrogen) atoms. The van der Waals surface area contributed by atoms with Gasteiger partial charge in [-0.3, -0.25) is 0 Å². The largest absolute Gasteiger partial charge is 0.464 e. The Balaban J connectivity index is 1.80. The minimum atomic E-state index is -3.55. The van der Waals surface area contributed by atoms with E-state index in [2.05, 4.69) is 15.4 Å². The van der Waals surface area contributed by atoms with E-state index < -0.39 is 27.6 Å². The van der Waals surface area contributed by atoms with Crippen LogP contribution in [-0.2, 0) is 19.6 Å². The number of hydrogen-bond acceptors (Lipinski definition) is 6. The summed E-state index contributed by atoms with van der Waals surface area (Å²) in [5.41, 5.74) is -1.40. The number of nitrogens with one attached hydrogen (secondary N) is 3. The Morgan fingerprint density at radius 3 is 2.52 bits per heavy atom. The van der Waals surface area contributed by atoms with Crippen LogP contribution in [0.1, 0.15) is 27.2 Å². The molecule has 0 aromatic carbocycles. The second-order valence-electron chi connectivity index (χ2n) is 6.40. The zero-order chi connectivity index (χ0) is 18.7. The second-order valence-corrected chi connectivity index (χ2v) is 9.34. The Hall–Kier alpha value is -1.65. The lowest BCUT2D eigenvalue weighted by Gasteiger charge is -2.20. The smallest absolute Gasteiger partial charge is 0.332 e. The summed E-state index contributed by atoms with van der Waals surface area (Å²) >= 11 is 1.12. The predicted molar refractivity (Wildman–Crippen MR) is 93.8 cm³/mol. The highest BCUT2D eigenvalue weighted by Crippen LogP contribution is 2.56. The maximum Gasteiger partial charge on any atom is 0.332 e. The Labute approximate surface area is 151 Å². The first-order chi connectivity index (χ1) is 11.6. The Bertz CT molecular complexity index is 730. The monoisotopic (exact) mass is 389 g/mol. The van der Waals surface area contributed by atoms with E-state index >= 15 is 0 Å². The highest BCUT2D eigenvalue weighted by atomic mass is 32.2. The number of carbonyl (C=O) groups is 2. The summed E-state index contributed by atoms with van der Waals surface area (Å²) in [6.07, 6.45) is 0.497. The van der Waals surface area contributed by atoms with Gasteiger partial charge in [0.25, 0.3) is 0 Å². The van der Waals surface area contributed by atoms with Crippen LogP contribution in [0.25, 0.3) is 0 Å². The van der Waals surface area contributed by atoms with E-state index in [1.807, 2.05) is 13.8 Å². The first kappa shape index (κ1) is 19.7. The van der Waals surface area contributed by atoms with E-state index in [4.69, 9.17) is 4.74 Å². The van der Waals surface area contributed by atoms with E-state index in [0.29, 0.717) is 6.42 Å². The number of thiophene rings is 1. The van der Waals surface area contributed by atoms with Crippen LogP contribution in [0.5, 0.6) is 0 Å². The van der Waals surface area contributed by atoms with Crippen molar-refractivity contribution in [2.24, 2.45) is 5.41 Å². The quantitative estimate of drug-likeness (QED) is 0.454. The molecule has 1 unspecified atom stereocenters. The lowest BCUT2D eigenvalue weighted by molar-refractivity contribution is -0.147. The number of carbonyl (C=O) groups excluding carboxylic acids is 2. The van der Waals surface area contributed by atoms with Gasteiger partial charge in [0.15, 0.2) is 0 Å². The molecule has 1 heterocycles. The van der Waals surface area contributed by atoms with Crippen molar-refractivity contribution in [1.82, 2.24) is 15.4 Å². The summed E-state index contributed by atoms with van der Waals surface area (Å²) in [5, 5.41) is 6.89. The van der Waals surface area contributed by atoms with Crippen LogP contribution in [0.4, 0.5) is 4.79 Å². The molecule has 140 valence electrons. The number of rotatable bonds is 8. The van der Waals surface area contributed by atoms with Gasteiger partial charge in [-0.1, -0.05) is 19.9 Å². The predicted octanol–water partition coefficient (Wildman–Crippen LogP) is 1.06. The van der Waals surface area contributed by atoms with E-state index in [1.54, 1.807) is 18.4 Å². The number of hydrogen-bond donors (Lipinski definition) is 3. The van der Waals surface area contributed by atoms with Gasteiger partial charge in [0, 0.05) is 18.5 Å². The van der Waals surface area contributed by atoms with E-state index in [0.717, 1.165) is 11.3 Å². The summed E-state index contributed by atoms with van der Waals surface area (Å²) in [6.45, 7) is 5.84. The molecule has 1 aliphatic carbocycles. The van der Waals surface area contributed by atoms with Crippen LogP contribution in [0.2, 0.25) is 0 Å². The first-order valence-electron chi connectivity index (χ1n) is 7.91. The fourth-order valence-corrected chi connectivity index (χ4v) is 4.64. The van der Waals surface area contributed by atoms with Crippen LogP contribution in [0.3, 0.4) is 0 Å². The van der Waals surface area contributed by atoms with Crippen molar-refractivity contribution in [3.63, 3.8) is 0 Å². The molecule has 1 atom stereocenters. The van der Waals surface area contributed by atoms with Crippen molar-refractivity contribution in [3.8, 4) is 0 Å². The fraction of sp³-hybridized carbons (Fsp3) is 0.600. The lowest BCUT2D eigenvalue weighted by Crippen LogP contribution is -2.52. The van der Waals surface area contributed by atoms with Gasteiger partial charge in [-0.05, 0) is 24.8 Å². The summed E-state index contributed by atoms with van der Waals surface area (Å²) in [4.78, 5) is 24.2. The molecule has 2 amide bonds. The van der Waals surface area contributed by atoms with Crippen LogP contribution >= 0.6 is 11.3 Å². The van der Waals surface area contributed by atoms with Crippen LogP contribution in [0, 0.1) is 5.41 Å². The van der Waals surface area contributed by atoms with Gasteiger partial charge in [0.1, 0.15) is 9.75 Å². The Kier molecular flexibility index (Phi) is 5.75. The average Bonchev–Trinajstić information content (AvgIpc) is 2.93. The molecule has 0 saturated heterocycles. The molecular formula is C15H23N3O5S2. The van der Waals surface area contributed by atoms with Gasteiger partial charge in [0.2, 0.25) is 10.0 Å². The standard InChI is InChI=1S/C15H23N3O5S2/c1-4-23-12(19)15(10-14(15,2)3)18-13(20)16-7-8-17-25(21,22)11-6-5-9-24-11/h5-6,9,17H,4,7-8,10H2,1-3H3,(H2,16,18,20). The fourth-order valence-electron chi connectivity index (χ4n) is 2.57. The summed E-state index contributed by atoms with van der Waals surface area (Å²) in [6, 6.07) is 2.62. The number of urea groups is 1. The molecule has 1 aromatic heterocycles. The highest BCUT2D eigenvalue weighted by Gasteiger charge is 2.68. The lowest BCUT2D eigenvalue weighted by atomic mass is 10.1. The van der Waals surface area contributed by atoms with Gasteiger partial charge < -0.3 is 15.4 Å². The molecule has 8 nitrogen and oxygen atoms in total. The molecule has 2 rings (SSSR count). The maximum atomic E-state index is 12.1. The highest BCUT2D eigenvalue weighted by molar-refractivity contribution is 7.91. The average molecular weight is 389 g/mol. The van der Waals surface area contributed by atoms with E-state index in [9.17, 15) is 18.0 Å². The molecule has 1 aliphatic rings. The van der Waals surface area contributed by atoms with Crippen molar-refractivity contribution in [2.45, 2.75) is 36.9 Å². The number of amides is 2. The van der Waals surface area contributed by atoms with Crippen molar-refractivity contribution >= 4 is 33.4 Å². The van der Waals surface area contributed by atoms with Gasteiger partial charge in [-0.15, -0.1) is 11.3 Å². The Morgan fingerprint density at radius 1 is 1.32 bits per heavy atom.